The van der Waals surface area contributed by atoms with Crippen LogP contribution in [0.2, 0.25) is 0 Å². The molecule has 1 fully saturated rings. The molecule has 1 saturated carbocycles. The van der Waals surface area contributed by atoms with Gasteiger partial charge in [-0.2, -0.15) is 4.31 Å². The molecule has 0 bridgehead atoms. The molecule has 8 heteroatoms. The van der Waals surface area contributed by atoms with Gasteiger partial charge in [-0.05, 0) is 49.9 Å². The van der Waals surface area contributed by atoms with E-state index in [4.69, 9.17) is 4.74 Å². The number of likely N-dealkylation sites (N-methyl/N-ethyl adjacent to an activating group) is 1. The van der Waals surface area contributed by atoms with Crippen LogP contribution in [0.3, 0.4) is 0 Å². The minimum absolute atomic E-state index is 0.0792. The van der Waals surface area contributed by atoms with E-state index in [9.17, 15) is 18.3 Å². The molecule has 4 rings (SSSR count). The van der Waals surface area contributed by atoms with Crippen LogP contribution in [0.15, 0.2) is 47.4 Å². The van der Waals surface area contributed by atoms with Gasteiger partial charge in [-0.1, -0.05) is 49.2 Å². The van der Waals surface area contributed by atoms with E-state index in [1.165, 1.54) is 4.31 Å². The lowest BCUT2D eigenvalue weighted by Crippen LogP contribution is -2.50. The smallest absolute Gasteiger partial charge is 0.247 e. The second-order valence-electron chi connectivity index (χ2n) is 10.1. The van der Waals surface area contributed by atoms with Gasteiger partial charge in [0.1, 0.15) is 16.7 Å². The van der Waals surface area contributed by atoms with Gasteiger partial charge in [0.15, 0.2) is 0 Å². The number of ether oxygens (including phenoxy) is 1. The molecule has 1 aliphatic carbocycles. The molecule has 0 radical (unpaired) electrons. The third-order valence-electron chi connectivity index (χ3n) is 7.34. The van der Waals surface area contributed by atoms with Gasteiger partial charge in [0.25, 0.3) is 0 Å². The zero-order chi connectivity index (χ0) is 25.3. The number of nitrogens with zero attached hydrogens (tertiary/aromatic N) is 2. The Kier molecular flexibility index (Phi) is 7.54. The molecular formula is C27H36N2O5S. The minimum atomic E-state index is -3.90. The number of carbonyl (C=O) groups is 1. The van der Waals surface area contributed by atoms with Gasteiger partial charge in [0.05, 0.1) is 13.2 Å². The Hall–Kier alpha value is -2.42. The van der Waals surface area contributed by atoms with Crippen LogP contribution in [-0.4, -0.2) is 67.5 Å². The van der Waals surface area contributed by atoms with Crippen LogP contribution in [0.25, 0.3) is 11.1 Å². The van der Waals surface area contributed by atoms with E-state index in [-0.39, 0.29) is 41.5 Å². The fourth-order valence-corrected chi connectivity index (χ4v) is 6.52. The van der Waals surface area contributed by atoms with E-state index in [2.05, 4.69) is 0 Å². The fourth-order valence-electron chi connectivity index (χ4n) is 4.70. The first kappa shape index (κ1) is 25.7. The largest absolute Gasteiger partial charge is 0.487 e. The van der Waals surface area contributed by atoms with Crippen molar-refractivity contribution >= 4 is 15.9 Å². The number of sulfonamides is 1. The van der Waals surface area contributed by atoms with Crippen LogP contribution in [0.4, 0.5) is 0 Å². The lowest BCUT2D eigenvalue weighted by Gasteiger charge is -2.38. The van der Waals surface area contributed by atoms with Gasteiger partial charge in [0, 0.05) is 31.5 Å². The molecular weight excluding hydrogens is 464 g/mol. The monoisotopic (exact) mass is 500 g/mol. The van der Waals surface area contributed by atoms with Crippen molar-refractivity contribution in [3.05, 3.63) is 48.0 Å². The summed E-state index contributed by atoms with van der Waals surface area (Å²) in [5.74, 6) is 0.275. The van der Waals surface area contributed by atoms with Gasteiger partial charge in [0.2, 0.25) is 15.9 Å². The number of hydrogen-bond acceptors (Lipinski definition) is 5. The van der Waals surface area contributed by atoms with Crippen LogP contribution >= 0.6 is 0 Å². The van der Waals surface area contributed by atoms with E-state index in [1.54, 1.807) is 37.1 Å². The summed E-state index contributed by atoms with van der Waals surface area (Å²) in [6.45, 7) is 5.94. The highest BCUT2D eigenvalue weighted by atomic mass is 32.2. The second-order valence-corrected chi connectivity index (χ2v) is 12.0. The van der Waals surface area contributed by atoms with Crippen molar-refractivity contribution in [2.75, 3.05) is 26.7 Å². The third-order valence-corrected chi connectivity index (χ3v) is 9.36. The number of carbonyl (C=O) groups excluding carboxylic acids is 1. The number of rotatable bonds is 6. The van der Waals surface area contributed by atoms with E-state index >= 15 is 0 Å². The Morgan fingerprint density at radius 1 is 1.17 bits per heavy atom. The maximum atomic E-state index is 13.7. The van der Waals surface area contributed by atoms with Crippen molar-refractivity contribution in [3.63, 3.8) is 0 Å². The maximum Gasteiger partial charge on any atom is 0.247 e. The summed E-state index contributed by atoms with van der Waals surface area (Å²) < 4.78 is 35.1. The summed E-state index contributed by atoms with van der Waals surface area (Å²) in [5, 5.41) is 9.82. The summed E-state index contributed by atoms with van der Waals surface area (Å²) in [7, 11) is -2.11. The average Bonchev–Trinajstić information content (AvgIpc) is 2.79. The summed E-state index contributed by atoms with van der Waals surface area (Å²) in [5.41, 5.74) is 2.95. The van der Waals surface area contributed by atoms with E-state index in [0.29, 0.717) is 6.54 Å². The first-order valence-electron chi connectivity index (χ1n) is 12.4. The molecule has 0 unspecified atom stereocenters. The molecule has 1 aliphatic heterocycles. The van der Waals surface area contributed by atoms with Gasteiger partial charge in [-0.15, -0.1) is 0 Å². The molecule has 0 aromatic heterocycles. The molecule has 2 aromatic rings. The number of benzene rings is 2. The molecule has 0 spiro atoms. The maximum absolute atomic E-state index is 13.7. The molecule has 2 aliphatic rings. The Labute approximate surface area is 208 Å². The molecule has 1 heterocycles. The van der Waals surface area contributed by atoms with Crippen LogP contribution in [0.5, 0.6) is 5.75 Å². The Morgan fingerprint density at radius 3 is 2.43 bits per heavy atom. The lowest BCUT2D eigenvalue weighted by atomic mass is 9.84. The molecule has 35 heavy (non-hydrogen) atoms. The highest BCUT2D eigenvalue weighted by Gasteiger charge is 2.39. The molecule has 3 atom stereocenters. The summed E-state index contributed by atoms with van der Waals surface area (Å²) in [6, 6.07) is 12.6. The van der Waals surface area contributed by atoms with Gasteiger partial charge in [-0.25, -0.2) is 8.42 Å². The molecule has 7 nitrogen and oxygen atoms in total. The average molecular weight is 501 g/mol. The standard InChI is InChI=1S/C27H36N2O5S/c1-18-8-10-21(11-9-18)23-12-13-26-24(14-23)34-25(16-28(4)27(31)22-6-5-7-22)19(2)15-29(20(3)17-30)35(26,32)33/h8-14,19-20,22,25,30H,5-7,15-17H2,1-4H3/t19-,20+,25+/m0/s1. The number of aliphatic hydroxyl groups excluding tert-OH is 1. The number of hydrogen-bond donors (Lipinski definition) is 1. The summed E-state index contributed by atoms with van der Waals surface area (Å²) in [6.07, 6.45) is 2.53. The highest BCUT2D eigenvalue weighted by molar-refractivity contribution is 7.89. The van der Waals surface area contributed by atoms with E-state index < -0.39 is 22.2 Å². The van der Waals surface area contributed by atoms with Crippen LogP contribution in [0, 0.1) is 18.8 Å². The summed E-state index contributed by atoms with van der Waals surface area (Å²) in [4.78, 5) is 14.6. The van der Waals surface area contributed by atoms with Crippen LogP contribution < -0.4 is 4.74 Å². The van der Waals surface area contributed by atoms with Crippen molar-refractivity contribution in [2.45, 2.75) is 57.1 Å². The van der Waals surface area contributed by atoms with E-state index in [0.717, 1.165) is 36.0 Å². The minimum Gasteiger partial charge on any atom is -0.487 e. The van der Waals surface area contributed by atoms with Crippen molar-refractivity contribution in [3.8, 4) is 16.9 Å². The predicted octanol–water partition coefficient (Wildman–Crippen LogP) is 3.69. The van der Waals surface area contributed by atoms with Gasteiger partial charge < -0.3 is 14.7 Å². The van der Waals surface area contributed by atoms with Crippen molar-refractivity contribution in [2.24, 2.45) is 11.8 Å². The first-order valence-corrected chi connectivity index (χ1v) is 13.8. The molecule has 1 N–H and O–H groups in total. The van der Waals surface area contributed by atoms with Gasteiger partial charge in [-0.3, -0.25) is 4.79 Å². The Morgan fingerprint density at radius 2 is 1.83 bits per heavy atom. The van der Waals surface area contributed by atoms with Crippen molar-refractivity contribution in [1.82, 2.24) is 9.21 Å². The zero-order valence-electron chi connectivity index (χ0n) is 21.0. The quantitative estimate of drug-likeness (QED) is 0.654. The lowest BCUT2D eigenvalue weighted by molar-refractivity contribution is -0.138. The molecule has 2 aromatic carbocycles. The molecule has 0 saturated heterocycles. The van der Waals surface area contributed by atoms with Crippen molar-refractivity contribution in [1.29, 1.82) is 0 Å². The highest BCUT2D eigenvalue weighted by Crippen LogP contribution is 2.37. The molecule has 190 valence electrons. The van der Waals surface area contributed by atoms with Gasteiger partial charge >= 0.3 is 0 Å². The number of fused-ring (bicyclic) bond motifs is 1. The predicted molar refractivity (Wildman–Crippen MR) is 136 cm³/mol. The zero-order valence-corrected chi connectivity index (χ0v) is 21.8. The number of amides is 1. The Balaban J connectivity index is 1.74. The van der Waals surface area contributed by atoms with Crippen LogP contribution in [0.1, 0.15) is 38.7 Å². The van der Waals surface area contributed by atoms with E-state index in [1.807, 2.05) is 38.1 Å². The number of aryl methyl sites for hydroxylation is 1. The Bertz CT molecular complexity index is 1160. The third kappa shape index (κ3) is 5.25. The molecule has 1 amide bonds. The second kappa shape index (κ2) is 10.3. The number of aliphatic hydroxyl groups is 1. The SMILES string of the molecule is Cc1ccc(-c2ccc3c(c2)O[C@H](CN(C)C(=O)C2CCC2)[C@@H](C)CN([C@H](C)CO)S3(=O)=O)cc1. The van der Waals surface area contributed by atoms with Crippen molar-refractivity contribution < 1.29 is 23.1 Å². The summed E-state index contributed by atoms with van der Waals surface area (Å²) >= 11 is 0. The first-order chi connectivity index (χ1) is 16.6. The topological polar surface area (TPSA) is 87.2 Å². The van der Waals surface area contributed by atoms with Crippen LogP contribution in [-0.2, 0) is 14.8 Å². The normalized spacial score (nSPS) is 23.2. The fraction of sp³-hybridized carbons (Fsp3) is 0.519.